The molecule has 0 radical (unpaired) electrons. The van der Waals surface area contributed by atoms with E-state index in [2.05, 4.69) is 0 Å². The van der Waals surface area contributed by atoms with Crippen molar-refractivity contribution >= 4 is 21.6 Å². The molecular formula is C29H33N3O7S. The first-order valence-corrected chi connectivity index (χ1v) is 14.4. The Morgan fingerprint density at radius 3 is 2.27 bits per heavy atom. The number of amides is 1. The third-order valence-corrected chi connectivity index (χ3v) is 9.12. The normalized spacial score (nSPS) is 18.9. The fourth-order valence-electron chi connectivity index (χ4n) is 4.82. The molecule has 40 heavy (non-hydrogen) atoms. The number of carbonyl (C=O) groups is 1. The summed E-state index contributed by atoms with van der Waals surface area (Å²) in [5.74, 6) is -0.545. The number of nitrogens with zero attached hydrogens (tertiary/aromatic N) is 3. The lowest BCUT2D eigenvalue weighted by atomic mass is 9.94. The van der Waals surface area contributed by atoms with Gasteiger partial charge in [-0.25, -0.2) is 8.42 Å². The number of ether oxygens (including phenoxy) is 1. The summed E-state index contributed by atoms with van der Waals surface area (Å²) in [6.07, 6.45) is -0.617. The molecule has 1 heterocycles. The van der Waals surface area contributed by atoms with Crippen LogP contribution in [0.1, 0.15) is 29.8 Å². The van der Waals surface area contributed by atoms with Gasteiger partial charge in [0.15, 0.2) is 0 Å². The van der Waals surface area contributed by atoms with Crippen LogP contribution in [-0.2, 0) is 21.4 Å². The molecule has 0 saturated carbocycles. The van der Waals surface area contributed by atoms with Crippen molar-refractivity contribution in [2.75, 3.05) is 26.7 Å². The third kappa shape index (κ3) is 6.07. The Hall–Kier alpha value is -3.64. The molecule has 1 amide bonds. The van der Waals surface area contributed by atoms with Gasteiger partial charge in [-0.2, -0.15) is 4.31 Å². The number of hydrogen-bond acceptors (Lipinski definition) is 7. The first-order chi connectivity index (χ1) is 19.0. The van der Waals surface area contributed by atoms with Gasteiger partial charge in [0, 0.05) is 43.8 Å². The number of likely N-dealkylation sites (N-methyl/N-ethyl adjacent to an activating group) is 1. The monoisotopic (exact) mass is 567 g/mol. The van der Waals surface area contributed by atoms with E-state index in [9.17, 15) is 28.4 Å². The Kier molecular flexibility index (Phi) is 8.99. The summed E-state index contributed by atoms with van der Waals surface area (Å²) in [5, 5.41) is 21.0. The first-order valence-electron chi connectivity index (χ1n) is 13.0. The van der Waals surface area contributed by atoms with Crippen LogP contribution in [0.15, 0.2) is 77.7 Å². The molecule has 3 atom stereocenters. The number of nitro groups is 1. The van der Waals surface area contributed by atoms with Gasteiger partial charge >= 0.3 is 0 Å². The molecule has 1 aliphatic rings. The van der Waals surface area contributed by atoms with Crippen LogP contribution in [0, 0.1) is 16.0 Å². The Morgan fingerprint density at radius 1 is 1.05 bits per heavy atom. The summed E-state index contributed by atoms with van der Waals surface area (Å²) < 4.78 is 34.2. The fourth-order valence-corrected chi connectivity index (χ4v) is 6.01. The Balaban J connectivity index is 1.70. The van der Waals surface area contributed by atoms with Crippen LogP contribution in [-0.4, -0.2) is 72.4 Å². The minimum Gasteiger partial charge on any atom is -0.394 e. The molecule has 212 valence electrons. The van der Waals surface area contributed by atoms with Gasteiger partial charge in [0.25, 0.3) is 11.6 Å². The molecule has 0 fully saturated rings. The lowest BCUT2D eigenvalue weighted by Crippen LogP contribution is -2.47. The van der Waals surface area contributed by atoms with Crippen molar-refractivity contribution in [2.24, 2.45) is 5.92 Å². The van der Waals surface area contributed by atoms with Crippen molar-refractivity contribution in [1.29, 1.82) is 0 Å². The lowest BCUT2D eigenvalue weighted by Gasteiger charge is -2.35. The quantitative estimate of drug-likeness (QED) is 0.338. The highest BCUT2D eigenvalue weighted by molar-refractivity contribution is 7.89. The van der Waals surface area contributed by atoms with E-state index in [1.54, 1.807) is 17.9 Å². The average Bonchev–Trinajstić information content (AvgIpc) is 2.98. The topological polar surface area (TPSA) is 130 Å². The van der Waals surface area contributed by atoms with E-state index in [-0.39, 0.29) is 48.7 Å². The zero-order valence-corrected chi connectivity index (χ0v) is 23.5. The molecule has 0 aromatic heterocycles. The predicted octanol–water partition coefficient (Wildman–Crippen LogP) is 3.94. The number of non-ortho nitro benzene ring substituents is 1. The molecule has 3 aromatic carbocycles. The number of benzene rings is 3. The highest BCUT2D eigenvalue weighted by atomic mass is 32.2. The van der Waals surface area contributed by atoms with Gasteiger partial charge < -0.3 is 14.7 Å². The van der Waals surface area contributed by atoms with Crippen LogP contribution in [0.4, 0.5) is 5.69 Å². The lowest BCUT2D eigenvalue weighted by molar-refractivity contribution is -0.384. The van der Waals surface area contributed by atoms with E-state index in [0.717, 1.165) is 33.1 Å². The van der Waals surface area contributed by atoms with Crippen LogP contribution in [0.25, 0.3) is 11.1 Å². The van der Waals surface area contributed by atoms with Gasteiger partial charge in [-0.05, 0) is 41.8 Å². The number of hydrogen-bond donors (Lipinski definition) is 1. The summed E-state index contributed by atoms with van der Waals surface area (Å²) in [4.78, 5) is 25.8. The zero-order valence-electron chi connectivity index (χ0n) is 22.6. The Morgan fingerprint density at radius 2 is 1.65 bits per heavy atom. The number of sulfonamides is 1. The number of rotatable bonds is 7. The van der Waals surface area contributed by atoms with Crippen molar-refractivity contribution in [3.8, 4) is 11.1 Å². The third-order valence-electron chi connectivity index (χ3n) is 7.29. The van der Waals surface area contributed by atoms with Crippen LogP contribution in [0.2, 0.25) is 0 Å². The van der Waals surface area contributed by atoms with Crippen molar-refractivity contribution in [2.45, 2.75) is 37.5 Å². The molecule has 1 aliphatic heterocycles. The molecule has 10 nitrogen and oxygen atoms in total. The van der Waals surface area contributed by atoms with Gasteiger partial charge in [0.05, 0.1) is 35.2 Å². The zero-order chi connectivity index (χ0) is 29.0. The van der Waals surface area contributed by atoms with Crippen molar-refractivity contribution in [3.05, 3.63) is 94.0 Å². The maximum absolute atomic E-state index is 13.9. The van der Waals surface area contributed by atoms with E-state index in [1.165, 1.54) is 19.2 Å². The smallest absolute Gasteiger partial charge is 0.269 e. The average molecular weight is 568 g/mol. The van der Waals surface area contributed by atoms with Gasteiger partial charge in [-0.15, -0.1) is 0 Å². The molecule has 4 rings (SSSR count). The van der Waals surface area contributed by atoms with Crippen LogP contribution >= 0.6 is 0 Å². The molecule has 11 heteroatoms. The standard InChI is InChI=1S/C29H33N3O7S/c1-20-16-31(21(2)18-33)29(34)27-11-7-6-10-26(27)25-9-5-4-8-22(25)19-39-28(20)17-30(3)40(37,38)24-14-12-23(13-15-24)32(35)36/h4-15,20-21,28,33H,16-19H2,1-3H3/t20-,21-,28+/m0/s1. The van der Waals surface area contributed by atoms with E-state index in [4.69, 9.17) is 4.74 Å². The van der Waals surface area contributed by atoms with Crippen molar-refractivity contribution in [3.63, 3.8) is 0 Å². The van der Waals surface area contributed by atoms with Crippen LogP contribution in [0.5, 0.6) is 0 Å². The number of aliphatic hydroxyl groups excluding tert-OH is 1. The summed E-state index contributed by atoms with van der Waals surface area (Å²) >= 11 is 0. The van der Waals surface area contributed by atoms with E-state index in [1.807, 2.05) is 49.4 Å². The number of aliphatic hydroxyl groups is 1. The predicted molar refractivity (Wildman–Crippen MR) is 150 cm³/mol. The maximum atomic E-state index is 13.9. The summed E-state index contributed by atoms with van der Waals surface area (Å²) in [7, 11) is -2.56. The largest absolute Gasteiger partial charge is 0.394 e. The summed E-state index contributed by atoms with van der Waals surface area (Å²) in [6, 6.07) is 19.2. The highest BCUT2D eigenvalue weighted by Gasteiger charge is 2.33. The second-order valence-corrected chi connectivity index (χ2v) is 12.1. The van der Waals surface area contributed by atoms with Gasteiger partial charge in [-0.1, -0.05) is 49.4 Å². The van der Waals surface area contributed by atoms with Gasteiger partial charge in [0.1, 0.15) is 0 Å². The Labute approximate surface area is 234 Å². The van der Waals surface area contributed by atoms with E-state index >= 15 is 0 Å². The van der Waals surface area contributed by atoms with Crippen LogP contribution < -0.4 is 0 Å². The SMILES string of the molecule is C[C@H]1CN([C@@H](C)CO)C(=O)c2ccccc2-c2ccccc2CO[C@@H]1CN(C)S(=O)(=O)c1ccc([N+](=O)[O-])cc1. The minimum absolute atomic E-state index is 0.0227. The van der Waals surface area contributed by atoms with Crippen LogP contribution in [0.3, 0.4) is 0 Å². The maximum Gasteiger partial charge on any atom is 0.269 e. The van der Waals surface area contributed by atoms with Gasteiger partial charge in [-0.3, -0.25) is 14.9 Å². The van der Waals surface area contributed by atoms with Gasteiger partial charge in [0.2, 0.25) is 10.0 Å². The van der Waals surface area contributed by atoms with Crippen molar-refractivity contribution in [1.82, 2.24) is 9.21 Å². The molecule has 3 aromatic rings. The molecule has 0 bridgehead atoms. The first kappa shape index (κ1) is 29.3. The molecule has 0 spiro atoms. The second-order valence-electron chi connectivity index (χ2n) is 10.1. The number of fused-ring (bicyclic) bond motifs is 3. The molecule has 0 aliphatic carbocycles. The van der Waals surface area contributed by atoms with E-state index < -0.39 is 27.1 Å². The molecule has 0 unspecified atom stereocenters. The fraction of sp³-hybridized carbons (Fsp3) is 0.345. The molecule has 1 N–H and O–H groups in total. The molecule has 0 saturated heterocycles. The van der Waals surface area contributed by atoms with E-state index in [0.29, 0.717) is 5.56 Å². The summed E-state index contributed by atoms with van der Waals surface area (Å²) in [5.41, 5.74) is 2.75. The minimum atomic E-state index is -3.99. The molecular weight excluding hydrogens is 534 g/mol. The highest BCUT2D eigenvalue weighted by Crippen LogP contribution is 2.31. The summed E-state index contributed by atoms with van der Waals surface area (Å²) in [6.45, 7) is 3.80. The second kappa shape index (κ2) is 12.3. The van der Waals surface area contributed by atoms with Crippen molar-refractivity contribution < 1.29 is 28.0 Å². The number of nitro benzene ring substituents is 1. The Bertz CT molecular complexity index is 1480. The number of carbonyl (C=O) groups excluding carboxylic acids is 1.